The third kappa shape index (κ3) is 3.34. The Bertz CT molecular complexity index is 977. The standard InChI is InChI=1S/C25H22N2O2/c1-2-29-24(28)23-18-27(19-26-23)25(20-12-6-3-7-13-20,21-14-8-4-9-15-21)22-16-10-5-11-17-22/h3-19H,2H2,1H3. The number of ether oxygens (including phenoxy) is 1. The molecule has 0 aliphatic heterocycles. The van der Waals surface area contributed by atoms with Gasteiger partial charge in [-0.2, -0.15) is 0 Å². The summed E-state index contributed by atoms with van der Waals surface area (Å²) >= 11 is 0. The zero-order valence-corrected chi connectivity index (χ0v) is 16.2. The first-order valence-electron chi connectivity index (χ1n) is 9.65. The molecule has 0 aliphatic carbocycles. The van der Waals surface area contributed by atoms with Crippen molar-refractivity contribution >= 4 is 5.97 Å². The zero-order chi connectivity index (χ0) is 20.1. The predicted molar refractivity (Wildman–Crippen MR) is 113 cm³/mol. The molecular formula is C25H22N2O2. The van der Waals surface area contributed by atoms with Gasteiger partial charge in [-0.15, -0.1) is 0 Å². The van der Waals surface area contributed by atoms with Crippen molar-refractivity contribution in [2.24, 2.45) is 0 Å². The molecule has 1 aromatic heterocycles. The van der Waals surface area contributed by atoms with Crippen molar-refractivity contribution in [1.82, 2.24) is 9.55 Å². The van der Waals surface area contributed by atoms with E-state index in [-0.39, 0.29) is 0 Å². The van der Waals surface area contributed by atoms with Crippen molar-refractivity contribution in [3.05, 3.63) is 126 Å². The van der Waals surface area contributed by atoms with Crippen molar-refractivity contribution in [1.29, 1.82) is 0 Å². The molecule has 0 saturated carbocycles. The van der Waals surface area contributed by atoms with Gasteiger partial charge in [0.2, 0.25) is 0 Å². The Kier molecular flexibility index (Phi) is 5.25. The third-order valence-electron chi connectivity index (χ3n) is 5.03. The maximum Gasteiger partial charge on any atom is 0.358 e. The molecule has 0 atom stereocenters. The van der Waals surface area contributed by atoms with Crippen LogP contribution in [0.2, 0.25) is 0 Å². The van der Waals surface area contributed by atoms with Crippen LogP contribution in [0.1, 0.15) is 34.1 Å². The quantitative estimate of drug-likeness (QED) is 0.352. The van der Waals surface area contributed by atoms with Crippen LogP contribution in [0.4, 0.5) is 0 Å². The molecule has 3 aromatic carbocycles. The fourth-order valence-electron chi connectivity index (χ4n) is 3.80. The molecule has 1 heterocycles. The largest absolute Gasteiger partial charge is 0.461 e. The van der Waals surface area contributed by atoms with Gasteiger partial charge in [0.05, 0.1) is 12.9 Å². The third-order valence-corrected chi connectivity index (χ3v) is 5.03. The van der Waals surface area contributed by atoms with E-state index < -0.39 is 11.5 Å². The van der Waals surface area contributed by atoms with Crippen LogP contribution in [0.5, 0.6) is 0 Å². The number of carbonyl (C=O) groups excluding carboxylic acids is 1. The minimum Gasteiger partial charge on any atom is -0.461 e. The highest BCUT2D eigenvalue weighted by atomic mass is 16.5. The van der Waals surface area contributed by atoms with E-state index in [1.54, 1.807) is 19.4 Å². The van der Waals surface area contributed by atoms with Crippen LogP contribution in [-0.4, -0.2) is 22.1 Å². The summed E-state index contributed by atoms with van der Waals surface area (Å²) in [6.07, 6.45) is 3.48. The fraction of sp³-hybridized carbons (Fsp3) is 0.120. The van der Waals surface area contributed by atoms with Crippen molar-refractivity contribution in [2.45, 2.75) is 12.5 Å². The SMILES string of the molecule is CCOC(=O)c1cn(C(c2ccccc2)(c2ccccc2)c2ccccc2)cn1. The van der Waals surface area contributed by atoms with Gasteiger partial charge in [-0.25, -0.2) is 9.78 Å². The summed E-state index contributed by atoms with van der Waals surface area (Å²) in [5.74, 6) is -0.422. The van der Waals surface area contributed by atoms with Crippen molar-refractivity contribution in [3.8, 4) is 0 Å². The second kappa shape index (κ2) is 8.15. The molecule has 0 bridgehead atoms. The molecule has 0 saturated heterocycles. The topological polar surface area (TPSA) is 44.1 Å². The lowest BCUT2D eigenvalue weighted by atomic mass is 9.77. The Morgan fingerprint density at radius 1 is 0.828 bits per heavy atom. The number of hydrogen-bond donors (Lipinski definition) is 0. The molecule has 0 aliphatic rings. The van der Waals surface area contributed by atoms with Gasteiger partial charge in [0.25, 0.3) is 0 Å². The molecule has 0 N–H and O–H groups in total. The molecule has 144 valence electrons. The molecule has 4 rings (SSSR count). The van der Waals surface area contributed by atoms with Crippen molar-refractivity contribution < 1.29 is 9.53 Å². The monoisotopic (exact) mass is 382 g/mol. The number of hydrogen-bond acceptors (Lipinski definition) is 3. The normalized spacial score (nSPS) is 11.2. The summed E-state index contributed by atoms with van der Waals surface area (Å²) < 4.78 is 7.16. The average Bonchev–Trinajstić information content (AvgIpc) is 3.27. The highest BCUT2D eigenvalue weighted by Gasteiger charge is 2.38. The van der Waals surface area contributed by atoms with Crippen LogP contribution >= 0.6 is 0 Å². The first kappa shape index (κ1) is 18.7. The summed E-state index contributed by atoms with van der Waals surface area (Å²) in [6, 6.07) is 30.8. The minimum absolute atomic E-state index is 0.291. The lowest BCUT2D eigenvalue weighted by Gasteiger charge is -2.37. The maximum atomic E-state index is 12.3. The van der Waals surface area contributed by atoms with Gasteiger partial charge in [0, 0.05) is 6.20 Å². The van der Waals surface area contributed by atoms with E-state index in [9.17, 15) is 4.79 Å². The Labute approximate surface area is 170 Å². The number of carbonyl (C=O) groups is 1. The molecule has 4 aromatic rings. The van der Waals surface area contributed by atoms with Crippen LogP contribution in [0.3, 0.4) is 0 Å². The van der Waals surface area contributed by atoms with E-state index in [0.29, 0.717) is 12.3 Å². The molecule has 4 nitrogen and oxygen atoms in total. The maximum absolute atomic E-state index is 12.3. The van der Waals surface area contributed by atoms with Gasteiger partial charge in [0.1, 0.15) is 5.54 Å². The molecule has 0 unspecified atom stereocenters. The van der Waals surface area contributed by atoms with Gasteiger partial charge >= 0.3 is 5.97 Å². The van der Waals surface area contributed by atoms with Crippen LogP contribution in [0.25, 0.3) is 0 Å². The molecule has 0 amide bonds. The number of imidazole rings is 1. The summed E-state index contributed by atoms with van der Waals surface area (Å²) in [5, 5.41) is 0. The van der Waals surface area contributed by atoms with E-state index in [2.05, 4.69) is 41.4 Å². The number of aromatic nitrogens is 2. The summed E-state index contributed by atoms with van der Waals surface area (Å²) in [4.78, 5) is 16.7. The second-order valence-electron chi connectivity index (χ2n) is 6.70. The number of benzene rings is 3. The fourth-order valence-corrected chi connectivity index (χ4v) is 3.80. The summed E-state index contributed by atoms with van der Waals surface area (Å²) in [5.41, 5.74) is 2.83. The van der Waals surface area contributed by atoms with Gasteiger partial charge in [-0.1, -0.05) is 91.0 Å². The average molecular weight is 382 g/mol. The molecule has 29 heavy (non-hydrogen) atoms. The Morgan fingerprint density at radius 3 is 1.69 bits per heavy atom. The van der Waals surface area contributed by atoms with E-state index in [1.165, 1.54) is 0 Å². The molecular weight excluding hydrogens is 360 g/mol. The van der Waals surface area contributed by atoms with E-state index in [0.717, 1.165) is 16.7 Å². The van der Waals surface area contributed by atoms with Crippen LogP contribution < -0.4 is 0 Å². The smallest absolute Gasteiger partial charge is 0.358 e. The minimum atomic E-state index is -0.679. The molecule has 4 heteroatoms. The molecule has 0 radical (unpaired) electrons. The number of esters is 1. The van der Waals surface area contributed by atoms with E-state index >= 15 is 0 Å². The summed E-state index contributed by atoms with van der Waals surface area (Å²) in [7, 11) is 0. The lowest BCUT2D eigenvalue weighted by Crippen LogP contribution is -2.37. The molecule has 0 spiro atoms. The second-order valence-corrected chi connectivity index (χ2v) is 6.70. The first-order valence-corrected chi connectivity index (χ1v) is 9.65. The van der Waals surface area contributed by atoms with Crippen molar-refractivity contribution in [3.63, 3.8) is 0 Å². The van der Waals surface area contributed by atoms with Gasteiger partial charge in [-0.3, -0.25) is 0 Å². The van der Waals surface area contributed by atoms with Crippen LogP contribution in [0.15, 0.2) is 104 Å². The highest BCUT2D eigenvalue weighted by Crippen LogP contribution is 2.40. The summed E-state index contributed by atoms with van der Waals surface area (Å²) in [6.45, 7) is 2.10. The number of rotatable bonds is 6. The Morgan fingerprint density at radius 2 is 1.28 bits per heavy atom. The van der Waals surface area contributed by atoms with Crippen LogP contribution in [0, 0.1) is 0 Å². The Hall–Kier alpha value is -3.66. The Balaban J connectivity index is 2.03. The lowest BCUT2D eigenvalue weighted by molar-refractivity contribution is 0.0520. The van der Waals surface area contributed by atoms with Crippen molar-refractivity contribution in [2.75, 3.05) is 6.61 Å². The molecule has 0 fully saturated rings. The highest BCUT2D eigenvalue weighted by molar-refractivity contribution is 5.87. The van der Waals surface area contributed by atoms with E-state index in [4.69, 9.17) is 4.74 Å². The van der Waals surface area contributed by atoms with Gasteiger partial charge in [-0.05, 0) is 23.6 Å². The van der Waals surface area contributed by atoms with Gasteiger partial charge < -0.3 is 9.30 Å². The van der Waals surface area contributed by atoms with Crippen LogP contribution in [-0.2, 0) is 10.3 Å². The van der Waals surface area contributed by atoms with E-state index in [1.807, 2.05) is 59.2 Å². The predicted octanol–water partition coefficient (Wildman–Crippen LogP) is 4.90. The first-order chi connectivity index (χ1) is 14.3. The zero-order valence-electron chi connectivity index (χ0n) is 16.2. The van der Waals surface area contributed by atoms with Gasteiger partial charge in [0.15, 0.2) is 5.69 Å². The number of nitrogens with zero attached hydrogens (tertiary/aromatic N) is 2.